The van der Waals surface area contributed by atoms with Crippen molar-refractivity contribution in [3.63, 3.8) is 0 Å². The molecule has 0 bridgehead atoms. The molecule has 3 heterocycles. The zero-order valence-electron chi connectivity index (χ0n) is 19.7. The number of ether oxygens (including phenoxy) is 1. The van der Waals surface area contributed by atoms with E-state index in [1.54, 1.807) is 6.92 Å². The van der Waals surface area contributed by atoms with E-state index in [-0.39, 0.29) is 12.0 Å². The second-order valence-corrected chi connectivity index (χ2v) is 9.28. The number of carbonyl (C=O) groups excluding carboxylic acids is 1. The van der Waals surface area contributed by atoms with Gasteiger partial charge in [0.05, 0.1) is 18.3 Å². The number of likely N-dealkylation sites (tertiary alicyclic amines) is 1. The Bertz CT molecular complexity index is 961. The van der Waals surface area contributed by atoms with E-state index in [1.807, 2.05) is 36.9 Å². The number of amides is 1. The molecule has 1 aromatic heterocycles. The van der Waals surface area contributed by atoms with Gasteiger partial charge in [-0.05, 0) is 46.3 Å². The molecular formula is C25H35N5O2. The molecule has 4 rings (SSSR count). The van der Waals surface area contributed by atoms with E-state index in [0.29, 0.717) is 25.6 Å². The van der Waals surface area contributed by atoms with Crippen LogP contribution in [-0.2, 0) is 24.3 Å². The molecule has 1 unspecified atom stereocenters. The van der Waals surface area contributed by atoms with Gasteiger partial charge < -0.3 is 19.9 Å². The number of carbonyl (C=O) groups is 1. The lowest BCUT2D eigenvalue weighted by Crippen LogP contribution is -2.36. The molecule has 7 heteroatoms. The maximum atomic E-state index is 12.0. The first kappa shape index (κ1) is 22.5. The summed E-state index contributed by atoms with van der Waals surface area (Å²) in [5.74, 6) is 3.11. The predicted molar refractivity (Wildman–Crippen MR) is 126 cm³/mol. The average molecular weight is 438 g/mol. The SMILES string of the molecule is CC(=O)N1CCc2nc(C3CCCN(C)C3)nc(NCc3ccccc3OC(C)C)c2C1. The van der Waals surface area contributed by atoms with Gasteiger partial charge in [0.2, 0.25) is 5.91 Å². The minimum atomic E-state index is 0.0928. The zero-order valence-corrected chi connectivity index (χ0v) is 19.7. The van der Waals surface area contributed by atoms with Crippen molar-refractivity contribution in [2.75, 3.05) is 32.0 Å². The summed E-state index contributed by atoms with van der Waals surface area (Å²) in [6.45, 7) is 9.70. The van der Waals surface area contributed by atoms with Crippen LogP contribution in [0.15, 0.2) is 24.3 Å². The highest BCUT2D eigenvalue weighted by Gasteiger charge is 2.27. The predicted octanol–water partition coefficient (Wildman–Crippen LogP) is 3.59. The largest absolute Gasteiger partial charge is 0.491 e. The Labute approximate surface area is 191 Å². The Morgan fingerprint density at radius 3 is 2.81 bits per heavy atom. The third-order valence-corrected chi connectivity index (χ3v) is 6.29. The zero-order chi connectivity index (χ0) is 22.7. The number of likely N-dealkylation sites (N-methyl/N-ethyl adjacent to an activating group) is 1. The number of hydrogen-bond acceptors (Lipinski definition) is 6. The molecule has 2 aromatic rings. The fourth-order valence-corrected chi connectivity index (χ4v) is 4.61. The molecule has 0 spiro atoms. The van der Waals surface area contributed by atoms with Crippen molar-refractivity contribution in [2.45, 2.75) is 65.1 Å². The van der Waals surface area contributed by atoms with Gasteiger partial charge in [-0.1, -0.05) is 18.2 Å². The molecule has 0 saturated carbocycles. The Balaban J connectivity index is 1.63. The summed E-state index contributed by atoms with van der Waals surface area (Å²) in [6.07, 6.45) is 3.17. The summed E-state index contributed by atoms with van der Waals surface area (Å²) >= 11 is 0. The second kappa shape index (κ2) is 9.86. The standard InChI is InChI=1S/C25H35N5O2/c1-17(2)32-23-10-6-5-8-19(23)14-26-25-21-16-30(18(3)31)13-11-22(21)27-24(28-25)20-9-7-12-29(4)15-20/h5-6,8,10,17,20H,7,9,11-16H2,1-4H3,(H,26,27,28). The van der Waals surface area contributed by atoms with Crippen LogP contribution in [0.4, 0.5) is 5.82 Å². The third-order valence-electron chi connectivity index (χ3n) is 6.29. The van der Waals surface area contributed by atoms with Crippen LogP contribution in [0.2, 0.25) is 0 Å². The Kier molecular flexibility index (Phi) is 6.94. The van der Waals surface area contributed by atoms with E-state index in [4.69, 9.17) is 14.7 Å². The highest BCUT2D eigenvalue weighted by molar-refractivity contribution is 5.74. The number of rotatable bonds is 6. The highest BCUT2D eigenvalue weighted by atomic mass is 16.5. The monoisotopic (exact) mass is 437 g/mol. The first-order valence-corrected chi connectivity index (χ1v) is 11.7. The molecule has 7 nitrogen and oxygen atoms in total. The molecule has 1 fully saturated rings. The van der Waals surface area contributed by atoms with Crippen LogP contribution in [0.1, 0.15) is 62.2 Å². The number of hydrogen-bond donors (Lipinski definition) is 1. The Hall–Kier alpha value is -2.67. The highest BCUT2D eigenvalue weighted by Crippen LogP contribution is 2.30. The summed E-state index contributed by atoms with van der Waals surface area (Å²) in [5.41, 5.74) is 3.21. The molecule has 2 aliphatic rings. The summed E-state index contributed by atoms with van der Waals surface area (Å²) in [7, 11) is 2.17. The van der Waals surface area contributed by atoms with E-state index in [9.17, 15) is 4.79 Å². The topological polar surface area (TPSA) is 70.6 Å². The van der Waals surface area contributed by atoms with Gasteiger partial charge in [0.25, 0.3) is 0 Å². The van der Waals surface area contributed by atoms with Crippen molar-refractivity contribution in [1.82, 2.24) is 19.8 Å². The molecule has 1 amide bonds. The van der Waals surface area contributed by atoms with Gasteiger partial charge in [0, 0.05) is 50.0 Å². The van der Waals surface area contributed by atoms with E-state index < -0.39 is 0 Å². The van der Waals surface area contributed by atoms with Gasteiger partial charge in [-0.25, -0.2) is 9.97 Å². The van der Waals surface area contributed by atoms with Crippen LogP contribution in [0, 0.1) is 0 Å². The molecule has 2 aliphatic heterocycles. The number of para-hydroxylation sites is 1. The van der Waals surface area contributed by atoms with Gasteiger partial charge in [0.15, 0.2) is 0 Å². The van der Waals surface area contributed by atoms with Crippen LogP contribution >= 0.6 is 0 Å². The number of anilines is 1. The normalized spacial score (nSPS) is 19.0. The summed E-state index contributed by atoms with van der Waals surface area (Å²) < 4.78 is 5.99. The van der Waals surface area contributed by atoms with Crippen molar-refractivity contribution >= 4 is 11.7 Å². The minimum Gasteiger partial charge on any atom is -0.491 e. The minimum absolute atomic E-state index is 0.0928. The van der Waals surface area contributed by atoms with Crippen LogP contribution in [-0.4, -0.2) is 58.5 Å². The molecule has 32 heavy (non-hydrogen) atoms. The lowest BCUT2D eigenvalue weighted by atomic mass is 9.96. The van der Waals surface area contributed by atoms with Crippen molar-refractivity contribution in [2.24, 2.45) is 0 Å². The Morgan fingerprint density at radius 1 is 1.25 bits per heavy atom. The smallest absolute Gasteiger partial charge is 0.219 e. The lowest BCUT2D eigenvalue weighted by Gasteiger charge is -2.32. The molecular weight excluding hydrogens is 402 g/mol. The lowest BCUT2D eigenvalue weighted by molar-refractivity contribution is -0.129. The number of fused-ring (bicyclic) bond motifs is 1. The van der Waals surface area contributed by atoms with Gasteiger partial charge >= 0.3 is 0 Å². The average Bonchev–Trinajstić information content (AvgIpc) is 2.77. The van der Waals surface area contributed by atoms with Gasteiger partial charge in [-0.3, -0.25) is 4.79 Å². The number of nitrogens with zero attached hydrogens (tertiary/aromatic N) is 4. The number of benzene rings is 1. The molecule has 1 aromatic carbocycles. The van der Waals surface area contributed by atoms with E-state index in [2.05, 4.69) is 23.3 Å². The summed E-state index contributed by atoms with van der Waals surface area (Å²) in [5, 5.41) is 3.57. The van der Waals surface area contributed by atoms with Crippen LogP contribution in [0.25, 0.3) is 0 Å². The fourth-order valence-electron chi connectivity index (χ4n) is 4.61. The number of nitrogens with one attached hydrogen (secondary N) is 1. The molecule has 0 aliphatic carbocycles. The summed E-state index contributed by atoms with van der Waals surface area (Å²) in [6, 6.07) is 8.11. The van der Waals surface area contributed by atoms with Gasteiger partial charge in [-0.2, -0.15) is 0 Å². The Morgan fingerprint density at radius 2 is 2.06 bits per heavy atom. The van der Waals surface area contributed by atoms with E-state index >= 15 is 0 Å². The molecule has 172 valence electrons. The molecule has 1 saturated heterocycles. The maximum absolute atomic E-state index is 12.0. The fraction of sp³-hybridized carbons (Fsp3) is 0.560. The summed E-state index contributed by atoms with van der Waals surface area (Å²) in [4.78, 5) is 26.3. The maximum Gasteiger partial charge on any atom is 0.219 e. The van der Waals surface area contributed by atoms with Crippen LogP contribution in [0.3, 0.4) is 0 Å². The van der Waals surface area contributed by atoms with E-state index in [1.165, 1.54) is 6.42 Å². The first-order chi connectivity index (χ1) is 15.4. The molecule has 0 radical (unpaired) electrons. The second-order valence-electron chi connectivity index (χ2n) is 9.28. The van der Waals surface area contributed by atoms with Crippen molar-refractivity contribution in [3.05, 3.63) is 46.9 Å². The quantitative estimate of drug-likeness (QED) is 0.745. The van der Waals surface area contributed by atoms with Gasteiger partial charge in [-0.15, -0.1) is 0 Å². The number of piperidine rings is 1. The first-order valence-electron chi connectivity index (χ1n) is 11.7. The van der Waals surface area contributed by atoms with Crippen LogP contribution < -0.4 is 10.1 Å². The van der Waals surface area contributed by atoms with Crippen molar-refractivity contribution in [1.29, 1.82) is 0 Å². The van der Waals surface area contributed by atoms with Crippen molar-refractivity contribution < 1.29 is 9.53 Å². The molecule has 1 atom stereocenters. The number of aromatic nitrogens is 2. The molecule has 1 N–H and O–H groups in total. The third kappa shape index (κ3) is 5.21. The van der Waals surface area contributed by atoms with Crippen LogP contribution in [0.5, 0.6) is 5.75 Å². The van der Waals surface area contributed by atoms with E-state index in [0.717, 1.165) is 60.1 Å². The van der Waals surface area contributed by atoms with Gasteiger partial charge in [0.1, 0.15) is 17.4 Å². The van der Waals surface area contributed by atoms with Crippen molar-refractivity contribution in [3.8, 4) is 5.75 Å².